The molecule has 396 valence electrons. The Morgan fingerprint density at radius 2 is 0.746 bits per heavy atom. The van der Waals surface area contributed by atoms with Crippen molar-refractivity contribution in [3.63, 3.8) is 0 Å². The highest BCUT2D eigenvalue weighted by molar-refractivity contribution is 5.77. The van der Waals surface area contributed by atoms with E-state index in [9.17, 15) is 19.8 Å². The van der Waals surface area contributed by atoms with E-state index in [0.717, 1.165) is 64.2 Å². The number of hydrogen-bond acceptors (Lipinski definition) is 5. The predicted octanol–water partition coefficient (Wildman–Crippen LogP) is 18.6. The van der Waals surface area contributed by atoms with Crippen LogP contribution in [0.4, 0.5) is 0 Å². The third kappa shape index (κ3) is 50.5. The number of hydrogen-bond donors (Lipinski definition) is 3. The molecule has 0 heterocycles. The van der Waals surface area contributed by atoms with Gasteiger partial charge in [-0.15, -0.1) is 0 Å². The SMILES string of the molecule is CCCCCCCCC/C=C/C=C/CCCCCC(CC(=O)NC(CO)C(O)CCCCCCCCCCCCCCCCCCC)OC(=O)CCCCCCCCCCCCCCCCC. The molecule has 0 aliphatic carbocycles. The molecule has 0 spiro atoms. The van der Waals surface area contributed by atoms with Gasteiger partial charge in [0, 0.05) is 6.42 Å². The van der Waals surface area contributed by atoms with E-state index in [0.29, 0.717) is 19.3 Å². The number of unbranched alkanes of at least 4 members (excludes halogenated alkanes) is 40. The molecule has 3 unspecified atom stereocenters. The Labute approximate surface area is 418 Å². The number of amides is 1. The van der Waals surface area contributed by atoms with Crippen LogP contribution in [0.5, 0.6) is 0 Å². The lowest BCUT2D eigenvalue weighted by atomic mass is 10.0. The quantitative estimate of drug-likeness (QED) is 0.0321. The van der Waals surface area contributed by atoms with E-state index >= 15 is 0 Å². The Bertz CT molecular complexity index is 1060. The van der Waals surface area contributed by atoms with Crippen molar-refractivity contribution in [2.45, 2.75) is 347 Å². The van der Waals surface area contributed by atoms with E-state index in [-0.39, 0.29) is 24.9 Å². The first kappa shape index (κ1) is 65.3. The van der Waals surface area contributed by atoms with Gasteiger partial charge in [-0.1, -0.05) is 289 Å². The lowest BCUT2D eigenvalue weighted by molar-refractivity contribution is -0.151. The molecule has 0 radical (unpaired) electrons. The van der Waals surface area contributed by atoms with Crippen LogP contribution in [0.25, 0.3) is 0 Å². The molecule has 3 atom stereocenters. The molecular formula is C61H117NO5. The Morgan fingerprint density at radius 1 is 0.433 bits per heavy atom. The molecule has 6 heteroatoms. The van der Waals surface area contributed by atoms with Gasteiger partial charge in [-0.25, -0.2) is 0 Å². The number of nitrogens with one attached hydrogen (secondary N) is 1. The summed E-state index contributed by atoms with van der Waals surface area (Å²) < 4.78 is 5.96. The van der Waals surface area contributed by atoms with Gasteiger partial charge in [-0.2, -0.15) is 0 Å². The standard InChI is InChI=1S/C61H117NO5/c1-4-7-10-13-16-19-22-25-28-30-33-35-38-41-44-47-50-53-59(64)58(56-63)62-60(65)55-57(52-49-46-43-40-37-34-32-29-26-23-20-17-14-11-8-5-2)67-61(66)54-51-48-45-42-39-36-31-27-24-21-18-15-12-9-6-3/h29,32,34,37,57-59,63-64H,4-28,30-31,33,35-36,38-56H2,1-3H3,(H,62,65)/b32-29+,37-34+. The van der Waals surface area contributed by atoms with Crippen LogP contribution in [0, 0.1) is 0 Å². The first-order valence-electron chi connectivity index (χ1n) is 30.1. The zero-order valence-electron chi connectivity index (χ0n) is 45.3. The molecule has 0 aromatic carbocycles. The average molecular weight is 945 g/mol. The number of ether oxygens (including phenoxy) is 1. The number of carbonyl (C=O) groups excluding carboxylic acids is 2. The second-order valence-corrected chi connectivity index (χ2v) is 20.8. The topological polar surface area (TPSA) is 95.9 Å². The number of carbonyl (C=O) groups is 2. The highest BCUT2D eigenvalue weighted by Gasteiger charge is 2.24. The number of esters is 1. The van der Waals surface area contributed by atoms with Crippen molar-refractivity contribution in [2.24, 2.45) is 0 Å². The van der Waals surface area contributed by atoms with Crippen LogP contribution < -0.4 is 5.32 Å². The summed E-state index contributed by atoms with van der Waals surface area (Å²) >= 11 is 0. The van der Waals surface area contributed by atoms with E-state index < -0.39 is 18.2 Å². The Balaban J connectivity index is 4.54. The van der Waals surface area contributed by atoms with Gasteiger partial charge < -0.3 is 20.3 Å². The molecule has 67 heavy (non-hydrogen) atoms. The van der Waals surface area contributed by atoms with Crippen molar-refractivity contribution < 1.29 is 24.5 Å². The molecular weight excluding hydrogens is 827 g/mol. The fraction of sp³-hybridized carbons (Fsp3) is 0.902. The summed E-state index contributed by atoms with van der Waals surface area (Å²) in [5.41, 5.74) is 0. The minimum atomic E-state index is -0.792. The van der Waals surface area contributed by atoms with Crippen LogP contribution >= 0.6 is 0 Å². The van der Waals surface area contributed by atoms with Gasteiger partial charge in [-0.05, 0) is 51.4 Å². The summed E-state index contributed by atoms with van der Waals surface area (Å²) in [6, 6.07) is -0.707. The van der Waals surface area contributed by atoms with Crippen molar-refractivity contribution >= 4 is 11.9 Å². The summed E-state index contributed by atoms with van der Waals surface area (Å²) in [5.74, 6) is -0.479. The average Bonchev–Trinajstić information content (AvgIpc) is 3.32. The van der Waals surface area contributed by atoms with E-state index in [4.69, 9.17) is 4.74 Å². The zero-order valence-corrected chi connectivity index (χ0v) is 45.3. The van der Waals surface area contributed by atoms with Crippen LogP contribution in [0.3, 0.4) is 0 Å². The molecule has 6 nitrogen and oxygen atoms in total. The smallest absolute Gasteiger partial charge is 0.306 e. The fourth-order valence-electron chi connectivity index (χ4n) is 9.48. The molecule has 0 rings (SSSR count). The summed E-state index contributed by atoms with van der Waals surface area (Å²) in [6.07, 6.45) is 65.3. The van der Waals surface area contributed by atoms with Crippen LogP contribution in [-0.4, -0.2) is 46.9 Å². The summed E-state index contributed by atoms with van der Waals surface area (Å²) in [4.78, 5) is 26.3. The van der Waals surface area contributed by atoms with E-state index in [2.05, 4.69) is 50.4 Å². The lowest BCUT2D eigenvalue weighted by Gasteiger charge is -2.24. The van der Waals surface area contributed by atoms with Gasteiger partial charge in [0.25, 0.3) is 0 Å². The third-order valence-electron chi connectivity index (χ3n) is 14.1. The number of rotatable bonds is 55. The maximum Gasteiger partial charge on any atom is 0.306 e. The number of allylic oxidation sites excluding steroid dienone is 4. The maximum atomic E-state index is 13.3. The Kier molecular flexibility index (Phi) is 53.9. The first-order chi connectivity index (χ1) is 33.0. The predicted molar refractivity (Wildman–Crippen MR) is 292 cm³/mol. The molecule has 0 saturated carbocycles. The monoisotopic (exact) mass is 944 g/mol. The molecule has 3 N–H and O–H groups in total. The number of aliphatic hydroxyl groups is 2. The molecule has 0 aliphatic heterocycles. The maximum absolute atomic E-state index is 13.3. The minimum Gasteiger partial charge on any atom is -0.462 e. The Morgan fingerprint density at radius 3 is 1.12 bits per heavy atom. The van der Waals surface area contributed by atoms with Gasteiger partial charge >= 0.3 is 5.97 Å². The van der Waals surface area contributed by atoms with Crippen molar-refractivity contribution in [1.29, 1.82) is 0 Å². The minimum absolute atomic E-state index is 0.0659. The van der Waals surface area contributed by atoms with E-state index in [1.165, 1.54) is 218 Å². The molecule has 0 aromatic rings. The second kappa shape index (κ2) is 55.3. The zero-order chi connectivity index (χ0) is 48.8. The number of aliphatic hydroxyl groups excluding tert-OH is 2. The highest BCUT2D eigenvalue weighted by Crippen LogP contribution is 2.19. The summed E-state index contributed by atoms with van der Waals surface area (Å²) in [7, 11) is 0. The Hall–Kier alpha value is -1.66. The highest BCUT2D eigenvalue weighted by atomic mass is 16.5. The lowest BCUT2D eigenvalue weighted by Crippen LogP contribution is -2.46. The molecule has 1 amide bonds. The van der Waals surface area contributed by atoms with Crippen LogP contribution in [0.1, 0.15) is 329 Å². The molecule has 0 bridgehead atoms. The fourth-order valence-corrected chi connectivity index (χ4v) is 9.48. The van der Waals surface area contributed by atoms with Crippen LogP contribution in [0.15, 0.2) is 24.3 Å². The van der Waals surface area contributed by atoms with Crippen LogP contribution in [-0.2, 0) is 14.3 Å². The molecule has 0 fully saturated rings. The molecule has 0 saturated heterocycles. The van der Waals surface area contributed by atoms with Gasteiger partial charge in [0.05, 0.1) is 25.2 Å². The van der Waals surface area contributed by atoms with Gasteiger partial charge in [-0.3, -0.25) is 9.59 Å². The summed E-state index contributed by atoms with van der Waals surface area (Å²) in [5, 5.41) is 23.9. The van der Waals surface area contributed by atoms with E-state index in [1.54, 1.807) is 0 Å². The molecule has 0 aliphatic rings. The van der Waals surface area contributed by atoms with Gasteiger partial charge in [0.15, 0.2) is 0 Å². The van der Waals surface area contributed by atoms with Gasteiger partial charge in [0.1, 0.15) is 6.10 Å². The van der Waals surface area contributed by atoms with Crippen molar-refractivity contribution in [3.05, 3.63) is 24.3 Å². The van der Waals surface area contributed by atoms with E-state index in [1.807, 2.05) is 0 Å². The normalized spacial score (nSPS) is 13.2. The summed E-state index contributed by atoms with van der Waals surface area (Å²) in [6.45, 7) is 6.52. The second-order valence-electron chi connectivity index (χ2n) is 20.8. The van der Waals surface area contributed by atoms with Crippen molar-refractivity contribution in [1.82, 2.24) is 5.32 Å². The molecule has 0 aromatic heterocycles. The van der Waals surface area contributed by atoms with Gasteiger partial charge in [0.2, 0.25) is 5.91 Å². The third-order valence-corrected chi connectivity index (χ3v) is 14.1. The largest absolute Gasteiger partial charge is 0.462 e. The first-order valence-corrected chi connectivity index (χ1v) is 30.1. The van der Waals surface area contributed by atoms with Crippen molar-refractivity contribution in [2.75, 3.05) is 6.61 Å². The van der Waals surface area contributed by atoms with Crippen molar-refractivity contribution in [3.8, 4) is 0 Å². The van der Waals surface area contributed by atoms with Crippen LogP contribution in [0.2, 0.25) is 0 Å².